The second kappa shape index (κ2) is 6.85. The number of nitrogens with one attached hydrogen (secondary N) is 1. The normalized spacial score (nSPS) is 12.2. The average molecular weight is 372 g/mol. The van der Waals surface area contributed by atoms with E-state index in [4.69, 9.17) is 5.73 Å². The summed E-state index contributed by atoms with van der Waals surface area (Å²) >= 11 is 0. The summed E-state index contributed by atoms with van der Waals surface area (Å²) in [6.07, 6.45) is -4.51. The molecule has 1 amide bonds. The number of aryl methyl sites for hydroxylation is 1. The number of nitrogens with two attached hydrogens (primary N) is 1. The van der Waals surface area contributed by atoms with Crippen molar-refractivity contribution in [2.75, 3.05) is 0 Å². The van der Waals surface area contributed by atoms with E-state index in [1.807, 2.05) is 0 Å². The maximum absolute atomic E-state index is 12.7. The fourth-order valence-corrected chi connectivity index (χ4v) is 3.20. The number of carbonyl (C=O) groups is 1. The van der Waals surface area contributed by atoms with Crippen molar-refractivity contribution in [3.05, 3.63) is 64.7 Å². The van der Waals surface area contributed by atoms with Crippen molar-refractivity contribution in [2.45, 2.75) is 24.5 Å². The van der Waals surface area contributed by atoms with Crippen LogP contribution in [0.4, 0.5) is 13.2 Å². The molecular formula is C16H15F3N2O3S. The van der Waals surface area contributed by atoms with Crippen molar-refractivity contribution >= 4 is 15.9 Å². The summed E-state index contributed by atoms with van der Waals surface area (Å²) in [4.78, 5) is 11.1. The molecule has 0 atom stereocenters. The fourth-order valence-electron chi connectivity index (χ4n) is 2.15. The van der Waals surface area contributed by atoms with Gasteiger partial charge >= 0.3 is 6.18 Å². The topological polar surface area (TPSA) is 89.3 Å². The van der Waals surface area contributed by atoms with Gasteiger partial charge in [-0.05, 0) is 36.2 Å². The zero-order chi connectivity index (χ0) is 18.8. The smallest absolute Gasteiger partial charge is 0.366 e. The molecule has 9 heteroatoms. The van der Waals surface area contributed by atoms with Crippen molar-refractivity contribution in [3.8, 4) is 0 Å². The first kappa shape index (κ1) is 18.9. The largest absolute Gasteiger partial charge is 0.416 e. The highest BCUT2D eigenvalue weighted by Gasteiger charge is 2.30. The molecule has 2 aromatic rings. The second-order valence-corrected chi connectivity index (χ2v) is 7.13. The molecule has 3 N–H and O–H groups in total. The first-order valence-corrected chi connectivity index (χ1v) is 8.55. The van der Waals surface area contributed by atoms with Crippen molar-refractivity contribution in [1.29, 1.82) is 0 Å². The van der Waals surface area contributed by atoms with E-state index in [0.717, 1.165) is 18.2 Å². The molecule has 0 heterocycles. The molecule has 2 aromatic carbocycles. The molecule has 0 bridgehead atoms. The number of amides is 1. The highest BCUT2D eigenvalue weighted by molar-refractivity contribution is 7.89. The summed E-state index contributed by atoms with van der Waals surface area (Å²) in [5, 5.41) is 0. The van der Waals surface area contributed by atoms with Crippen molar-refractivity contribution in [2.24, 2.45) is 5.73 Å². The molecule has 0 saturated carbocycles. The third-order valence-corrected chi connectivity index (χ3v) is 4.90. The summed E-state index contributed by atoms with van der Waals surface area (Å²) in [6.45, 7) is 1.28. The lowest BCUT2D eigenvalue weighted by atomic mass is 10.1. The third-order valence-electron chi connectivity index (χ3n) is 3.51. The average Bonchev–Trinajstić information content (AvgIpc) is 2.52. The predicted octanol–water partition coefficient (Wildman–Crippen LogP) is 2.59. The van der Waals surface area contributed by atoms with Gasteiger partial charge in [0, 0.05) is 12.1 Å². The van der Waals surface area contributed by atoms with E-state index >= 15 is 0 Å². The van der Waals surface area contributed by atoms with Gasteiger partial charge in [0.2, 0.25) is 15.9 Å². The summed E-state index contributed by atoms with van der Waals surface area (Å²) in [5.74, 6) is -0.771. The number of hydrogen-bond donors (Lipinski definition) is 2. The minimum absolute atomic E-state index is 0.0574. The molecule has 25 heavy (non-hydrogen) atoms. The quantitative estimate of drug-likeness (QED) is 0.845. The Morgan fingerprint density at radius 1 is 1.16 bits per heavy atom. The summed E-state index contributed by atoms with van der Waals surface area (Å²) in [7, 11) is -4.02. The highest BCUT2D eigenvalue weighted by Crippen LogP contribution is 2.29. The van der Waals surface area contributed by atoms with E-state index in [-0.39, 0.29) is 22.6 Å². The first-order valence-electron chi connectivity index (χ1n) is 7.07. The molecule has 0 saturated heterocycles. The molecule has 0 aliphatic carbocycles. The standard InChI is InChI=1S/C16H15F3N2O3S/c1-10-5-6-13(8-14(10)15(20)22)25(23,24)21-9-11-3-2-4-12(7-11)16(17,18)19/h2-8,21H,9H2,1H3,(H2,20,22). The van der Waals surface area contributed by atoms with Gasteiger partial charge in [0.05, 0.1) is 10.5 Å². The van der Waals surface area contributed by atoms with E-state index in [1.165, 1.54) is 24.3 Å². The summed E-state index contributed by atoms with van der Waals surface area (Å²) in [5.41, 5.74) is 5.05. The molecule has 0 aromatic heterocycles. The van der Waals surface area contributed by atoms with Crippen LogP contribution in [0, 0.1) is 6.92 Å². The number of hydrogen-bond acceptors (Lipinski definition) is 3. The second-order valence-electron chi connectivity index (χ2n) is 5.36. The van der Waals surface area contributed by atoms with E-state index < -0.39 is 27.7 Å². The van der Waals surface area contributed by atoms with Crippen LogP contribution < -0.4 is 10.5 Å². The van der Waals surface area contributed by atoms with Crippen molar-refractivity contribution < 1.29 is 26.4 Å². The maximum Gasteiger partial charge on any atom is 0.416 e. The van der Waals surface area contributed by atoms with Gasteiger partial charge in [-0.3, -0.25) is 4.79 Å². The van der Waals surface area contributed by atoms with Crippen LogP contribution in [0.25, 0.3) is 0 Å². The predicted molar refractivity (Wildman–Crippen MR) is 85.2 cm³/mol. The Kier molecular flexibility index (Phi) is 5.19. The van der Waals surface area contributed by atoms with Crippen LogP contribution in [0.3, 0.4) is 0 Å². The Bertz CT molecular complexity index is 909. The lowest BCUT2D eigenvalue weighted by Crippen LogP contribution is -2.24. The minimum atomic E-state index is -4.51. The number of rotatable bonds is 5. The lowest BCUT2D eigenvalue weighted by Gasteiger charge is -2.11. The molecule has 0 spiro atoms. The monoisotopic (exact) mass is 372 g/mol. The number of benzene rings is 2. The molecular weight excluding hydrogens is 357 g/mol. The van der Waals surface area contributed by atoms with Gasteiger partial charge in [0.1, 0.15) is 0 Å². The SMILES string of the molecule is Cc1ccc(S(=O)(=O)NCc2cccc(C(F)(F)F)c2)cc1C(N)=O. The zero-order valence-electron chi connectivity index (χ0n) is 13.1. The molecule has 0 radical (unpaired) electrons. The van der Waals surface area contributed by atoms with Crippen LogP contribution in [-0.2, 0) is 22.7 Å². The van der Waals surface area contributed by atoms with Gasteiger partial charge in [-0.25, -0.2) is 13.1 Å². The molecule has 0 unspecified atom stereocenters. The van der Waals surface area contributed by atoms with Crippen LogP contribution in [-0.4, -0.2) is 14.3 Å². The van der Waals surface area contributed by atoms with Crippen molar-refractivity contribution in [3.63, 3.8) is 0 Å². The van der Waals surface area contributed by atoms with E-state index in [1.54, 1.807) is 6.92 Å². The molecule has 0 fully saturated rings. The number of primary amides is 1. The minimum Gasteiger partial charge on any atom is -0.366 e. The summed E-state index contributed by atoms with van der Waals surface area (Å²) < 4.78 is 64.8. The Labute approximate surface area is 142 Å². The number of sulfonamides is 1. The van der Waals surface area contributed by atoms with Crippen LogP contribution in [0.2, 0.25) is 0 Å². The van der Waals surface area contributed by atoms with Gasteiger partial charge in [-0.2, -0.15) is 13.2 Å². The van der Waals surface area contributed by atoms with Gasteiger partial charge in [-0.1, -0.05) is 24.3 Å². The number of carbonyl (C=O) groups excluding carboxylic acids is 1. The van der Waals surface area contributed by atoms with Crippen LogP contribution in [0.5, 0.6) is 0 Å². The van der Waals surface area contributed by atoms with Gasteiger partial charge in [0.15, 0.2) is 0 Å². The lowest BCUT2D eigenvalue weighted by molar-refractivity contribution is -0.137. The van der Waals surface area contributed by atoms with E-state index in [2.05, 4.69) is 4.72 Å². The molecule has 0 aliphatic heterocycles. The Hall–Kier alpha value is -2.39. The van der Waals surface area contributed by atoms with E-state index in [9.17, 15) is 26.4 Å². The van der Waals surface area contributed by atoms with E-state index in [0.29, 0.717) is 5.56 Å². The van der Waals surface area contributed by atoms with Gasteiger partial charge in [-0.15, -0.1) is 0 Å². The molecule has 2 rings (SSSR count). The van der Waals surface area contributed by atoms with Crippen molar-refractivity contribution in [1.82, 2.24) is 4.72 Å². The molecule has 0 aliphatic rings. The van der Waals surface area contributed by atoms with Gasteiger partial charge < -0.3 is 5.73 Å². The number of halogens is 3. The first-order chi connectivity index (χ1) is 11.5. The van der Waals surface area contributed by atoms with Crippen LogP contribution >= 0.6 is 0 Å². The Morgan fingerprint density at radius 3 is 2.44 bits per heavy atom. The molecule has 5 nitrogen and oxygen atoms in total. The maximum atomic E-state index is 12.7. The Balaban J connectivity index is 2.23. The number of alkyl halides is 3. The Morgan fingerprint density at radius 2 is 1.84 bits per heavy atom. The van der Waals surface area contributed by atoms with Crippen LogP contribution in [0.1, 0.15) is 27.0 Å². The highest BCUT2D eigenvalue weighted by atomic mass is 32.2. The van der Waals surface area contributed by atoms with Crippen LogP contribution in [0.15, 0.2) is 47.4 Å². The fraction of sp³-hybridized carbons (Fsp3) is 0.188. The summed E-state index contributed by atoms with van der Waals surface area (Å²) in [6, 6.07) is 8.19. The molecule has 134 valence electrons. The third kappa shape index (κ3) is 4.58. The zero-order valence-corrected chi connectivity index (χ0v) is 13.9. The van der Waals surface area contributed by atoms with Gasteiger partial charge in [0.25, 0.3) is 0 Å².